The highest BCUT2D eigenvalue weighted by atomic mass is 19.4. The van der Waals surface area contributed by atoms with E-state index >= 15 is 0 Å². The molecule has 1 rings (SSSR count). The van der Waals surface area contributed by atoms with E-state index in [1.54, 1.807) is 6.07 Å². The van der Waals surface area contributed by atoms with Gasteiger partial charge >= 0.3 is 6.18 Å². The lowest BCUT2D eigenvalue weighted by atomic mass is 10.1. The summed E-state index contributed by atoms with van der Waals surface area (Å²) in [5.74, 6) is 5.56. The molecule has 0 aromatic carbocycles. The van der Waals surface area contributed by atoms with Crippen LogP contribution in [0.1, 0.15) is 37.2 Å². The predicted molar refractivity (Wildman–Crippen MR) is 60.3 cm³/mol. The maximum absolute atomic E-state index is 12.5. The minimum absolute atomic E-state index is 0.0549. The molecule has 2 nitrogen and oxygen atoms in total. The molecule has 0 amide bonds. The monoisotopic (exact) mass is 252 g/mol. The quantitative estimate of drug-likeness (QED) is 0.718. The van der Waals surface area contributed by atoms with Crippen LogP contribution in [-0.2, 0) is 6.18 Å². The molecule has 1 aromatic rings. The summed E-state index contributed by atoms with van der Waals surface area (Å²) in [6, 6.07) is 3.66. The first-order valence-electron chi connectivity index (χ1n) is 5.31. The lowest BCUT2D eigenvalue weighted by Gasteiger charge is -2.06. The summed E-state index contributed by atoms with van der Waals surface area (Å²) < 4.78 is 37.4. The van der Waals surface area contributed by atoms with Crippen LogP contribution in [0.25, 0.3) is 0 Å². The number of alkyl halides is 3. The van der Waals surface area contributed by atoms with Crippen molar-refractivity contribution in [1.29, 1.82) is 5.26 Å². The summed E-state index contributed by atoms with van der Waals surface area (Å²) in [6.07, 6.45) is -3.98. The highest BCUT2D eigenvalue weighted by molar-refractivity contribution is 5.44. The Morgan fingerprint density at radius 1 is 1.33 bits per heavy atom. The Balaban J connectivity index is 3.15. The summed E-state index contributed by atoms with van der Waals surface area (Å²) >= 11 is 0. The maximum atomic E-state index is 12.5. The second kappa shape index (κ2) is 5.55. The number of nitriles is 1. The molecule has 1 aromatic heterocycles. The molecule has 0 atom stereocenters. The van der Waals surface area contributed by atoms with E-state index in [1.807, 2.05) is 13.8 Å². The Morgan fingerprint density at radius 2 is 2.00 bits per heavy atom. The van der Waals surface area contributed by atoms with Crippen LogP contribution in [0.15, 0.2) is 12.1 Å². The normalized spacial score (nSPS) is 10.7. The van der Waals surface area contributed by atoms with E-state index in [1.165, 1.54) is 0 Å². The first-order valence-corrected chi connectivity index (χ1v) is 5.31. The van der Waals surface area contributed by atoms with Crippen molar-refractivity contribution in [3.63, 3.8) is 0 Å². The lowest BCUT2D eigenvalue weighted by molar-refractivity contribution is -0.141. The molecule has 5 heteroatoms. The molecule has 0 aliphatic heterocycles. The third-order valence-electron chi connectivity index (χ3n) is 2.02. The molecule has 94 valence electrons. The molecule has 0 bridgehead atoms. The van der Waals surface area contributed by atoms with E-state index in [0.29, 0.717) is 12.3 Å². The molecule has 1 heterocycles. The van der Waals surface area contributed by atoms with Gasteiger partial charge in [0.2, 0.25) is 0 Å². The van der Waals surface area contributed by atoms with Gasteiger partial charge in [-0.15, -0.1) is 0 Å². The molecule has 0 unspecified atom stereocenters. The van der Waals surface area contributed by atoms with E-state index in [9.17, 15) is 13.2 Å². The van der Waals surface area contributed by atoms with Gasteiger partial charge in [0.1, 0.15) is 17.5 Å². The molecular formula is C13H11F3N2. The first kappa shape index (κ1) is 14.1. The van der Waals surface area contributed by atoms with Crippen molar-refractivity contribution in [2.75, 3.05) is 0 Å². The topological polar surface area (TPSA) is 36.7 Å². The zero-order valence-corrected chi connectivity index (χ0v) is 9.97. The summed E-state index contributed by atoms with van der Waals surface area (Å²) in [4.78, 5) is 3.39. The number of nitrogens with zero attached hydrogens (tertiary/aromatic N) is 2. The van der Waals surface area contributed by atoms with Gasteiger partial charge in [0.15, 0.2) is 0 Å². The number of pyridine rings is 1. The van der Waals surface area contributed by atoms with Gasteiger partial charge < -0.3 is 0 Å². The fourth-order valence-electron chi connectivity index (χ4n) is 1.14. The average Bonchev–Trinajstić information content (AvgIpc) is 2.27. The van der Waals surface area contributed by atoms with Crippen LogP contribution < -0.4 is 0 Å². The molecule has 0 radical (unpaired) electrons. The fourth-order valence-corrected chi connectivity index (χ4v) is 1.14. The molecule has 0 aliphatic rings. The number of hydrogen-bond acceptors (Lipinski definition) is 2. The maximum Gasteiger partial charge on any atom is 0.433 e. The average molecular weight is 252 g/mol. The van der Waals surface area contributed by atoms with Crippen LogP contribution in [-0.4, -0.2) is 4.98 Å². The van der Waals surface area contributed by atoms with E-state index in [4.69, 9.17) is 5.26 Å². The number of hydrogen-bond donors (Lipinski definition) is 0. The summed E-state index contributed by atoms with van der Waals surface area (Å²) in [5.41, 5.74) is -1.09. The van der Waals surface area contributed by atoms with Gasteiger partial charge in [0, 0.05) is 6.42 Å². The standard InChI is InChI=1S/C13H11F3N2/c1-9(2)4-3-5-11-10(8-17)6-7-12(18-11)13(14,15)16/h6-7,9H,4H2,1-2H3. The van der Waals surface area contributed by atoms with Gasteiger partial charge in [-0.3, -0.25) is 0 Å². The van der Waals surface area contributed by atoms with Crippen molar-refractivity contribution in [3.8, 4) is 17.9 Å². The Bertz CT molecular complexity index is 528. The number of aromatic nitrogens is 1. The molecule has 0 spiro atoms. The van der Waals surface area contributed by atoms with Crippen molar-refractivity contribution in [2.24, 2.45) is 5.92 Å². The Morgan fingerprint density at radius 3 is 2.50 bits per heavy atom. The Labute approximate surface area is 103 Å². The lowest BCUT2D eigenvalue weighted by Crippen LogP contribution is -2.09. The predicted octanol–water partition coefficient (Wildman–Crippen LogP) is 3.37. The molecule has 0 saturated heterocycles. The SMILES string of the molecule is CC(C)CC#Cc1nc(C(F)(F)F)ccc1C#N. The summed E-state index contributed by atoms with van der Waals surface area (Å²) in [6.45, 7) is 3.89. The smallest absolute Gasteiger partial charge is 0.233 e. The van der Waals surface area contributed by atoms with Gasteiger partial charge in [-0.05, 0) is 24.0 Å². The molecular weight excluding hydrogens is 241 g/mol. The molecule has 0 saturated carbocycles. The van der Waals surface area contributed by atoms with Crippen molar-refractivity contribution < 1.29 is 13.2 Å². The van der Waals surface area contributed by atoms with Crippen LogP contribution in [0.2, 0.25) is 0 Å². The largest absolute Gasteiger partial charge is 0.433 e. The number of halogens is 3. The van der Waals surface area contributed by atoms with Crippen LogP contribution in [0.3, 0.4) is 0 Å². The highest BCUT2D eigenvalue weighted by Crippen LogP contribution is 2.27. The van der Waals surface area contributed by atoms with Crippen LogP contribution in [0.4, 0.5) is 13.2 Å². The Kier molecular flexibility index (Phi) is 4.33. The van der Waals surface area contributed by atoms with Crippen molar-refractivity contribution >= 4 is 0 Å². The second-order valence-electron chi connectivity index (χ2n) is 4.10. The summed E-state index contributed by atoms with van der Waals surface area (Å²) in [7, 11) is 0. The zero-order valence-electron chi connectivity index (χ0n) is 9.97. The minimum Gasteiger partial charge on any atom is -0.233 e. The van der Waals surface area contributed by atoms with Gasteiger partial charge in [0.05, 0.1) is 5.56 Å². The molecule has 0 aliphatic carbocycles. The fraction of sp³-hybridized carbons (Fsp3) is 0.385. The second-order valence-corrected chi connectivity index (χ2v) is 4.10. The van der Waals surface area contributed by atoms with Crippen molar-refractivity contribution in [3.05, 3.63) is 29.1 Å². The minimum atomic E-state index is -4.53. The third kappa shape index (κ3) is 3.78. The zero-order chi connectivity index (χ0) is 13.8. The van der Waals surface area contributed by atoms with Gasteiger partial charge in [-0.25, -0.2) is 4.98 Å². The molecule has 18 heavy (non-hydrogen) atoms. The third-order valence-corrected chi connectivity index (χ3v) is 2.02. The van der Waals surface area contributed by atoms with Gasteiger partial charge in [-0.1, -0.05) is 19.8 Å². The van der Waals surface area contributed by atoms with Crippen LogP contribution >= 0.6 is 0 Å². The Hall–Kier alpha value is -2.01. The highest BCUT2D eigenvalue weighted by Gasteiger charge is 2.32. The summed E-state index contributed by atoms with van der Waals surface area (Å²) in [5, 5.41) is 8.78. The molecule has 0 N–H and O–H groups in total. The van der Waals surface area contributed by atoms with E-state index in [0.717, 1.165) is 12.1 Å². The van der Waals surface area contributed by atoms with Gasteiger partial charge in [-0.2, -0.15) is 18.4 Å². The van der Waals surface area contributed by atoms with E-state index < -0.39 is 11.9 Å². The van der Waals surface area contributed by atoms with Crippen LogP contribution in [0, 0.1) is 29.1 Å². The molecule has 0 fully saturated rings. The van der Waals surface area contributed by atoms with Crippen LogP contribution in [0.5, 0.6) is 0 Å². The first-order chi connectivity index (χ1) is 8.34. The van der Waals surface area contributed by atoms with Crippen molar-refractivity contribution in [2.45, 2.75) is 26.4 Å². The van der Waals surface area contributed by atoms with Gasteiger partial charge in [0.25, 0.3) is 0 Å². The van der Waals surface area contributed by atoms with E-state index in [2.05, 4.69) is 16.8 Å². The number of rotatable bonds is 1. The van der Waals surface area contributed by atoms with Crippen molar-refractivity contribution in [1.82, 2.24) is 4.98 Å². The van der Waals surface area contributed by atoms with E-state index in [-0.39, 0.29) is 11.3 Å².